The van der Waals surface area contributed by atoms with E-state index in [9.17, 15) is 39.0 Å². The van der Waals surface area contributed by atoms with Gasteiger partial charge in [0.05, 0.1) is 17.9 Å². The molecule has 11 atom stereocenters. The molecule has 1 spiro atoms. The second-order valence-corrected chi connectivity index (χ2v) is 13.8. The fraction of sp³-hybridized carbons (Fsp3) is 0.697. The first-order valence-corrected chi connectivity index (χ1v) is 16.4. The normalized spacial score (nSPS) is 37.9. The average Bonchev–Trinajstić information content (AvgIpc) is 3.75. The lowest BCUT2D eigenvalue weighted by Gasteiger charge is -2.59. The standard InChI is InChI=1S/C33H43ClO15/c1-15(2)10-23(39)49-25-27(44-17(4)36)31(7)21(47-24(40)13-35)9-8-20(12-34)11-22-33(42,16(3)30(41)48-22)29(46-19(6)38)26(31)32(14-43-32)28(25)45-18(5)37/h8-9,11,15-16,21-22,25-29,35,42H,10,12-14H2,1-7H3/t16-,21-,22-,25+,26+,27-,28+,29-,31+,32-,33-/m0/s1. The number of alkyl halides is 1. The number of epoxide rings is 1. The van der Waals surface area contributed by atoms with Crippen molar-refractivity contribution in [2.45, 2.75) is 103 Å². The van der Waals surface area contributed by atoms with Crippen LogP contribution in [-0.2, 0) is 61.9 Å². The number of rotatable bonds is 9. The molecule has 0 aromatic carbocycles. The van der Waals surface area contributed by atoms with Crippen LogP contribution in [0.25, 0.3) is 0 Å². The number of halogens is 1. The van der Waals surface area contributed by atoms with Crippen LogP contribution in [0.4, 0.5) is 0 Å². The summed E-state index contributed by atoms with van der Waals surface area (Å²) in [6.07, 6.45) is -5.57. The van der Waals surface area contributed by atoms with E-state index in [1.165, 1.54) is 32.1 Å². The van der Waals surface area contributed by atoms with Crippen molar-refractivity contribution in [1.82, 2.24) is 0 Å². The lowest BCUT2D eigenvalue weighted by Crippen LogP contribution is -2.76. The number of aliphatic hydroxyl groups excluding tert-OH is 1. The second kappa shape index (κ2) is 14.4. The van der Waals surface area contributed by atoms with Crippen LogP contribution in [0.5, 0.6) is 0 Å². The van der Waals surface area contributed by atoms with Crippen LogP contribution in [-0.4, -0.2) is 113 Å². The number of carbonyl (C=O) groups is 6. The Morgan fingerprint density at radius 1 is 0.959 bits per heavy atom. The maximum Gasteiger partial charge on any atom is 0.332 e. The van der Waals surface area contributed by atoms with Gasteiger partial charge in [-0.3, -0.25) is 24.0 Å². The predicted molar refractivity (Wildman–Crippen MR) is 165 cm³/mol. The summed E-state index contributed by atoms with van der Waals surface area (Å²) in [6, 6.07) is 0. The maximum atomic E-state index is 13.3. The Balaban J connectivity index is 2.15. The van der Waals surface area contributed by atoms with E-state index in [-0.39, 0.29) is 30.4 Å². The quantitative estimate of drug-likeness (QED) is 0.148. The molecule has 2 saturated heterocycles. The number of fused-ring (bicyclic) bond motifs is 3. The fourth-order valence-electron chi connectivity index (χ4n) is 7.44. The molecule has 0 bridgehead atoms. The number of hydrogen-bond acceptors (Lipinski definition) is 15. The molecule has 16 heteroatoms. The summed E-state index contributed by atoms with van der Waals surface area (Å²) in [5.41, 5.74) is -5.81. The molecule has 2 aliphatic heterocycles. The van der Waals surface area contributed by atoms with Crippen LogP contribution in [0, 0.1) is 23.2 Å². The molecule has 2 N–H and O–H groups in total. The first-order valence-electron chi connectivity index (χ1n) is 15.9. The van der Waals surface area contributed by atoms with Crippen molar-refractivity contribution < 1.29 is 72.1 Å². The highest BCUT2D eigenvalue weighted by Gasteiger charge is 2.81. The number of hydrogen-bond donors (Lipinski definition) is 2. The van der Waals surface area contributed by atoms with E-state index in [0.717, 1.165) is 20.8 Å². The predicted octanol–water partition coefficient (Wildman–Crippen LogP) is 1.08. The summed E-state index contributed by atoms with van der Waals surface area (Å²) in [4.78, 5) is 77.9. The van der Waals surface area contributed by atoms with Crippen LogP contribution < -0.4 is 0 Å². The Hall–Kier alpha value is -3.53. The van der Waals surface area contributed by atoms with Crippen molar-refractivity contribution in [1.29, 1.82) is 0 Å². The highest BCUT2D eigenvalue weighted by molar-refractivity contribution is 6.19. The first kappa shape index (κ1) is 38.3. The Kier molecular flexibility index (Phi) is 11.2. The summed E-state index contributed by atoms with van der Waals surface area (Å²) in [7, 11) is 0. The Morgan fingerprint density at radius 3 is 2.04 bits per heavy atom. The van der Waals surface area contributed by atoms with Crippen molar-refractivity contribution in [2.75, 3.05) is 19.1 Å². The largest absolute Gasteiger partial charge is 0.459 e. The van der Waals surface area contributed by atoms with Crippen LogP contribution in [0.1, 0.15) is 54.9 Å². The van der Waals surface area contributed by atoms with Gasteiger partial charge in [-0.25, -0.2) is 4.79 Å². The molecule has 15 nitrogen and oxygen atoms in total. The van der Waals surface area contributed by atoms with Crippen molar-refractivity contribution in [3.05, 3.63) is 23.8 Å². The van der Waals surface area contributed by atoms with Gasteiger partial charge in [0.15, 0.2) is 30.0 Å². The number of esters is 6. The molecule has 0 unspecified atom stereocenters. The highest BCUT2D eigenvalue weighted by atomic mass is 35.5. The molecule has 3 fully saturated rings. The molecule has 4 aliphatic rings. The number of aliphatic hydroxyl groups is 2. The van der Waals surface area contributed by atoms with E-state index in [2.05, 4.69) is 0 Å². The number of allylic oxidation sites excluding steroid dienone is 2. The third-order valence-corrected chi connectivity index (χ3v) is 9.91. The topological polar surface area (TPSA) is 211 Å². The molecule has 2 aliphatic carbocycles. The summed E-state index contributed by atoms with van der Waals surface area (Å²) in [5, 5.41) is 22.5. The Bertz CT molecular complexity index is 1420. The Labute approximate surface area is 288 Å². The molecule has 0 amide bonds. The lowest BCUT2D eigenvalue weighted by atomic mass is 9.51. The van der Waals surface area contributed by atoms with Gasteiger partial charge in [0.1, 0.15) is 24.4 Å². The smallest absolute Gasteiger partial charge is 0.332 e. The van der Waals surface area contributed by atoms with Gasteiger partial charge in [-0.15, -0.1) is 11.6 Å². The average molecular weight is 715 g/mol. The van der Waals surface area contributed by atoms with Crippen LogP contribution in [0.2, 0.25) is 0 Å². The van der Waals surface area contributed by atoms with E-state index in [1.54, 1.807) is 13.8 Å². The Morgan fingerprint density at radius 2 is 1.53 bits per heavy atom. The summed E-state index contributed by atoms with van der Waals surface area (Å²) in [6.45, 7) is 8.26. The zero-order valence-electron chi connectivity index (χ0n) is 28.3. The van der Waals surface area contributed by atoms with Gasteiger partial charge in [0.25, 0.3) is 0 Å². The lowest BCUT2D eigenvalue weighted by molar-refractivity contribution is -0.279. The third kappa shape index (κ3) is 7.08. The van der Waals surface area contributed by atoms with Gasteiger partial charge in [-0.2, -0.15) is 0 Å². The minimum absolute atomic E-state index is 0.0920. The van der Waals surface area contributed by atoms with Gasteiger partial charge in [0.2, 0.25) is 0 Å². The van der Waals surface area contributed by atoms with Crippen molar-refractivity contribution >= 4 is 47.4 Å². The van der Waals surface area contributed by atoms with E-state index in [0.29, 0.717) is 0 Å². The van der Waals surface area contributed by atoms with Crippen molar-refractivity contribution in [2.24, 2.45) is 23.2 Å². The maximum absolute atomic E-state index is 13.3. The molecular formula is C33H43ClO15. The minimum atomic E-state index is -2.38. The summed E-state index contributed by atoms with van der Waals surface area (Å²) >= 11 is 6.25. The SMILES string of the molecule is CC(=O)O[C@@H]1[C@H](OC(=O)CC(C)C)[C@H](OC(C)=O)[C@]2(C)[C@@H](OC(=O)CO)C=CC(CCl)=C[C@@H]3OC(=O)[C@H](C)[C@@]3(O)[C@@H](OC(C)=O)[C@H]2[C@@]12CO2. The zero-order valence-corrected chi connectivity index (χ0v) is 29.1. The van der Waals surface area contributed by atoms with E-state index < -0.39 is 107 Å². The first-order chi connectivity index (χ1) is 22.9. The van der Waals surface area contributed by atoms with E-state index in [1.807, 2.05) is 0 Å². The fourth-order valence-corrected chi connectivity index (χ4v) is 7.62. The van der Waals surface area contributed by atoms with Crippen molar-refractivity contribution in [3.8, 4) is 0 Å². The number of carbonyl (C=O) groups excluding carboxylic acids is 6. The molecule has 2 heterocycles. The van der Waals surface area contributed by atoms with E-state index >= 15 is 0 Å². The zero-order chi connectivity index (χ0) is 36.6. The van der Waals surface area contributed by atoms with Crippen molar-refractivity contribution in [3.63, 3.8) is 0 Å². The third-order valence-electron chi connectivity index (χ3n) is 9.60. The minimum Gasteiger partial charge on any atom is -0.459 e. The van der Waals surface area contributed by atoms with Gasteiger partial charge < -0.3 is 43.4 Å². The van der Waals surface area contributed by atoms with Crippen LogP contribution in [0.3, 0.4) is 0 Å². The van der Waals surface area contributed by atoms with Gasteiger partial charge >= 0.3 is 35.8 Å². The van der Waals surface area contributed by atoms with Crippen LogP contribution >= 0.6 is 11.6 Å². The summed E-state index contributed by atoms with van der Waals surface area (Å²) in [5.74, 6) is -8.60. The molecule has 1 saturated carbocycles. The molecule has 0 aromatic heterocycles. The molecule has 4 rings (SSSR count). The second-order valence-electron chi connectivity index (χ2n) is 13.5. The highest BCUT2D eigenvalue weighted by Crippen LogP contribution is 2.63. The van der Waals surface area contributed by atoms with Gasteiger partial charge in [-0.05, 0) is 30.6 Å². The molecule has 49 heavy (non-hydrogen) atoms. The molecular weight excluding hydrogens is 672 g/mol. The number of ether oxygens (including phenoxy) is 7. The molecule has 0 aromatic rings. The molecule has 0 radical (unpaired) electrons. The van der Waals surface area contributed by atoms with E-state index in [4.69, 9.17) is 44.8 Å². The van der Waals surface area contributed by atoms with Crippen LogP contribution in [0.15, 0.2) is 23.8 Å². The monoisotopic (exact) mass is 714 g/mol. The summed E-state index contributed by atoms with van der Waals surface area (Å²) < 4.78 is 41.1. The van der Waals surface area contributed by atoms with Gasteiger partial charge in [-0.1, -0.05) is 26.8 Å². The molecule has 272 valence electrons. The van der Waals surface area contributed by atoms with Gasteiger partial charge in [0, 0.05) is 39.0 Å².